The van der Waals surface area contributed by atoms with Gasteiger partial charge < -0.3 is 9.64 Å². The molecule has 2 aliphatic heterocycles. The Morgan fingerprint density at radius 2 is 1.84 bits per heavy atom. The lowest BCUT2D eigenvalue weighted by atomic mass is 9.96. The summed E-state index contributed by atoms with van der Waals surface area (Å²) in [5.41, 5.74) is -0.485. The van der Waals surface area contributed by atoms with Crippen molar-refractivity contribution in [2.24, 2.45) is 0 Å². The number of nitrogens with zero attached hydrogens (tertiary/aromatic N) is 1. The lowest BCUT2D eigenvalue weighted by Crippen LogP contribution is -2.38. The Morgan fingerprint density at radius 3 is 2.37 bits per heavy atom. The van der Waals surface area contributed by atoms with E-state index < -0.39 is 11.7 Å². The Morgan fingerprint density at radius 1 is 1.21 bits per heavy atom. The molecule has 0 unspecified atom stereocenters. The summed E-state index contributed by atoms with van der Waals surface area (Å²) < 4.78 is 44.5. The van der Waals surface area contributed by atoms with Crippen LogP contribution in [0, 0.1) is 0 Å². The number of benzene rings is 1. The zero-order valence-electron chi connectivity index (χ0n) is 10.1. The highest BCUT2D eigenvalue weighted by atomic mass is 35.5. The van der Waals surface area contributed by atoms with E-state index in [-0.39, 0.29) is 16.3 Å². The Bertz CT molecular complexity index is 489. The molecular formula is C13H13ClF3NO. The minimum atomic E-state index is -4.38. The second kappa shape index (κ2) is 4.28. The summed E-state index contributed by atoms with van der Waals surface area (Å²) in [6.07, 6.45) is -2.81. The number of hydrogen-bond acceptors (Lipinski definition) is 2. The van der Waals surface area contributed by atoms with Crippen molar-refractivity contribution in [2.45, 2.75) is 24.6 Å². The highest BCUT2D eigenvalue weighted by Crippen LogP contribution is 2.42. The molecule has 2 heterocycles. The van der Waals surface area contributed by atoms with Crippen LogP contribution in [0.4, 0.5) is 18.9 Å². The zero-order valence-corrected chi connectivity index (χ0v) is 10.9. The lowest BCUT2D eigenvalue weighted by molar-refractivity contribution is -0.137. The van der Waals surface area contributed by atoms with Crippen LogP contribution in [0.5, 0.6) is 0 Å². The maximum atomic E-state index is 13.0. The number of epoxide rings is 1. The smallest absolute Gasteiger partial charge is 0.371 e. The molecule has 19 heavy (non-hydrogen) atoms. The first-order valence-corrected chi connectivity index (χ1v) is 6.53. The molecule has 0 atom stereocenters. The molecule has 0 bridgehead atoms. The first-order chi connectivity index (χ1) is 8.90. The molecule has 104 valence electrons. The number of ether oxygens (including phenoxy) is 1. The maximum absolute atomic E-state index is 13.0. The van der Waals surface area contributed by atoms with Gasteiger partial charge in [0.05, 0.1) is 17.8 Å². The molecule has 2 saturated heterocycles. The SMILES string of the molecule is FC(F)(F)c1cc(Cl)ccc1N1CCC2(CC1)CO2. The third kappa shape index (κ3) is 2.54. The molecule has 0 N–H and O–H groups in total. The predicted molar refractivity (Wildman–Crippen MR) is 66.6 cm³/mol. The van der Waals surface area contributed by atoms with E-state index in [9.17, 15) is 13.2 Å². The van der Waals surface area contributed by atoms with E-state index in [1.165, 1.54) is 12.1 Å². The molecule has 6 heteroatoms. The topological polar surface area (TPSA) is 15.8 Å². The van der Waals surface area contributed by atoms with Crippen LogP contribution in [0.3, 0.4) is 0 Å². The molecule has 2 nitrogen and oxygen atoms in total. The molecular weight excluding hydrogens is 279 g/mol. The minimum absolute atomic E-state index is 0.0404. The van der Waals surface area contributed by atoms with Crippen LogP contribution in [0.25, 0.3) is 0 Å². The van der Waals surface area contributed by atoms with Gasteiger partial charge in [-0.3, -0.25) is 0 Å². The maximum Gasteiger partial charge on any atom is 0.418 e. The normalized spacial score (nSPS) is 21.8. The Hall–Kier alpha value is -0.940. The van der Waals surface area contributed by atoms with Crippen molar-refractivity contribution < 1.29 is 17.9 Å². The van der Waals surface area contributed by atoms with Gasteiger partial charge in [-0.2, -0.15) is 13.2 Å². The van der Waals surface area contributed by atoms with Crippen molar-refractivity contribution in [1.29, 1.82) is 0 Å². The van der Waals surface area contributed by atoms with Gasteiger partial charge in [0.1, 0.15) is 0 Å². The molecule has 0 amide bonds. The van der Waals surface area contributed by atoms with E-state index in [4.69, 9.17) is 16.3 Å². The molecule has 0 aromatic heterocycles. The van der Waals surface area contributed by atoms with Crippen LogP contribution >= 0.6 is 11.6 Å². The molecule has 1 spiro atoms. The number of halogens is 4. The van der Waals surface area contributed by atoms with Crippen molar-refractivity contribution in [3.05, 3.63) is 28.8 Å². The summed E-state index contributed by atoms with van der Waals surface area (Å²) >= 11 is 5.68. The number of hydrogen-bond donors (Lipinski definition) is 0. The van der Waals surface area contributed by atoms with Gasteiger partial charge in [-0.1, -0.05) is 11.6 Å². The van der Waals surface area contributed by atoms with Crippen molar-refractivity contribution in [1.82, 2.24) is 0 Å². The van der Waals surface area contributed by atoms with Crippen LogP contribution in [-0.4, -0.2) is 25.3 Å². The summed E-state index contributed by atoms with van der Waals surface area (Å²) in [5.74, 6) is 0. The number of alkyl halides is 3. The second-order valence-electron chi connectivity index (χ2n) is 5.12. The first kappa shape index (κ1) is 13.1. The molecule has 0 saturated carbocycles. The van der Waals surface area contributed by atoms with E-state index in [2.05, 4.69) is 0 Å². The van der Waals surface area contributed by atoms with Gasteiger partial charge in [0.25, 0.3) is 0 Å². The highest BCUT2D eigenvalue weighted by molar-refractivity contribution is 6.30. The number of rotatable bonds is 1. The van der Waals surface area contributed by atoms with E-state index in [0.29, 0.717) is 13.1 Å². The van der Waals surface area contributed by atoms with Crippen molar-refractivity contribution in [3.8, 4) is 0 Å². The van der Waals surface area contributed by atoms with Gasteiger partial charge in [-0.25, -0.2) is 0 Å². The standard InChI is InChI=1S/C13H13ClF3NO/c14-9-1-2-11(10(7-9)13(15,16)17)18-5-3-12(4-6-18)8-19-12/h1-2,7H,3-6,8H2. The quantitative estimate of drug-likeness (QED) is 0.733. The van der Waals surface area contributed by atoms with Crippen LogP contribution < -0.4 is 4.90 Å². The third-order valence-corrected chi connectivity index (χ3v) is 4.07. The van der Waals surface area contributed by atoms with Gasteiger partial charge in [0.15, 0.2) is 0 Å². The zero-order chi connectivity index (χ0) is 13.7. The summed E-state index contributed by atoms with van der Waals surface area (Å²) in [6, 6.07) is 3.95. The molecule has 1 aromatic carbocycles. The second-order valence-corrected chi connectivity index (χ2v) is 5.55. The third-order valence-electron chi connectivity index (χ3n) is 3.83. The minimum Gasteiger partial charge on any atom is -0.371 e. The van der Waals surface area contributed by atoms with Gasteiger partial charge >= 0.3 is 6.18 Å². The van der Waals surface area contributed by atoms with Crippen LogP contribution in [0.2, 0.25) is 5.02 Å². The molecule has 1 aromatic rings. The van der Waals surface area contributed by atoms with Crippen molar-refractivity contribution >= 4 is 17.3 Å². The fourth-order valence-electron chi connectivity index (χ4n) is 2.56. The monoisotopic (exact) mass is 291 g/mol. The Kier molecular flexibility index (Phi) is 2.94. The molecule has 2 fully saturated rings. The summed E-state index contributed by atoms with van der Waals surface area (Å²) in [7, 11) is 0. The van der Waals surface area contributed by atoms with E-state index in [1.54, 1.807) is 4.90 Å². The average molecular weight is 292 g/mol. The van der Waals surface area contributed by atoms with Crippen LogP contribution in [0.1, 0.15) is 18.4 Å². The first-order valence-electron chi connectivity index (χ1n) is 6.15. The van der Waals surface area contributed by atoms with E-state index in [0.717, 1.165) is 25.5 Å². The summed E-state index contributed by atoms with van der Waals surface area (Å²) in [5, 5.41) is 0.107. The fraction of sp³-hybridized carbons (Fsp3) is 0.538. The summed E-state index contributed by atoms with van der Waals surface area (Å²) in [4.78, 5) is 1.77. The summed E-state index contributed by atoms with van der Waals surface area (Å²) in [6.45, 7) is 1.92. The lowest BCUT2D eigenvalue weighted by Gasteiger charge is -2.33. The highest BCUT2D eigenvalue weighted by Gasteiger charge is 2.47. The van der Waals surface area contributed by atoms with Gasteiger partial charge in [-0.15, -0.1) is 0 Å². The fourth-order valence-corrected chi connectivity index (χ4v) is 2.73. The molecule has 0 radical (unpaired) electrons. The van der Waals surface area contributed by atoms with Gasteiger partial charge in [0, 0.05) is 23.8 Å². The average Bonchev–Trinajstić information content (AvgIpc) is 3.09. The van der Waals surface area contributed by atoms with Crippen molar-refractivity contribution in [3.63, 3.8) is 0 Å². The van der Waals surface area contributed by atoms with Gasteiger partial charge in [0.2, 0.25) is 0 Å². The predicted octanol–water partition coefficient (Wildman–Crippen LogP) is 3.73. The Labute approximate surface area is 114 Å². The number of anilines is 1. The van der Waals surface area contributed by atoms with E-state index in [1.807, 2.05) is 0 Å². The number of piperidine rings is 1. The molecule has 3 rings (SSSR count). The van der Waals surface area contributed by atoms with Crippen molar-refractivity contribution in [2.75, 3.05) is 24.6 Å². The van der Waals surface area contributed by atoms with Gasteiger partial charge in [-0.05, 0) is 31.0 Å². The molecule has 0 aliphatic carbocycles. The van der Waals surface area contributed by atoms with Crippen LogP contribution in [-0.2, 0) is 10.9 Å². The Balaban J connectivity index is 1.87. The van der Waals surface area contributed by atoms with Crippen LogP contribution in [0.15, 0.2) is 18.2 Å². The van der Waals surface area contributed by atoms with E-state index >= 15 is 0 Å². The molecule has 2 aliphatic rings. The largest absolute Gasteiger partial charge is 0.418 e.